The van der Waals surface area contributed by atoms with Crippen molar-refractivity contribution < 1.29 is 4.79 Å². The summed E-state index contributed by atoms with van der Waals surface area (Å²) in [6, 6.07) is 0. The van der Waals surface area contributed by atoms with Crippen LogP contribution in [-0.4, -0.2) is 19.0 Å². The summed E-state index contributed by atoms with van der Waals surface area (Å²) in [5.41, 5.74) is 5.67. The second-order valence-corrected chi connectivity index (χ2v) is 4.86. The first-order valence-corrected chi connectivity index (χ1v) is 5.92. The zero-order valence-corrected chi connectivity index (χ0v) is 10.5. The minimum absolute atomic E-state index is 0.113. The maximum atomic E-state index is 11.5. The number of carbonyl (C=O) groups excluding carboxylic acids is 1. The van der Waals surface area contributed by atoms with Crippen molar-refractivity contribution in [3.8, 4) is 12.3 Å². The lowest BCUT2D eigenvalue weighted by atomic mass is 9.84. The molecule has 0 aliphatic carbocycles. The topological polar surface area (TPSA) is 55.1 Å². The monoisotopic (exact) mass is 224 g/mol. The molecule has 0 spiro atoms. The van der Waals surface area contributed by atoms with Crippen LogP contribution in [0.5, 0.6) is 0 Å². The van der Waals surface area contributed by atoms with E-state index in [-0.39, 0.29) is 11.3 Å². The van der Waals surface area contributed by atoms with Gasteiger partial charge in [-0.2, -0.15) is 0 Å². The van der Waals surface area contributed by atoms with Crippen LogP contribution < -0.4 is 11.1 Å². The number of hydrogen-bond donors (Lipinski definition) is 2. The van der Waals surface area contributed by atoms with Crippen LogP contribution in [0.1, 0.15) is 46.0 Å². The molecule has 0 heterocycles. The van der Waals surface area contributed by atoms with Crippen molar-refractivity contribution >= 4 is 5.91 Å². The van der Waals surface area contributed by atoms with Crippen LogP contribution in [0, 0.1) is 17.8 Å². The van der Waals surface area contributed by atoms with E-state index in [0.29, 0.717) is 19.5 Å². The lowest BCUT2D eigenvalue weighted by Crippen LogP contribution is -2.26. The molecule has 92 valence electrons. The van der Waals surface area contributed by atoms with Crippen molar-refractivity contribution in [2.75, 3.05) is 13.1 Å². The van der Waals surface area contributed by atoms with Crippen molar-refractivity contribution in [1.29, 1.82) is 0 Å². The molecule has 0 saturated heterocycles. The van der Waals surface area contributed by atoms with Crippen molar-refractivity contribution in [1.82, 2.24) is 5.32 Å². The normalized spacial score (nSPS) is 10.9. The smallest absolute Gasteiger partial charge is 0.220 e. The summed E-state index contributed by atoms with van der Waals surface area (Å²) < 4.78 is 0. The van der Waals surface area contributed by atoms with E-state index in [0.717, 1.165) is 25.7 Å². The maximum absolute atomic E-state index is 11.5. The van der Waals surface area contributed by atoms with Gasteiger partial charge >= 0.3 is 0 Å². The summed E-state index contributed by atoms with van der Waals surface area (Å²) in [4.78, 5) is 11.5. The summed E-state index contributed by atoms with van der Waals surface area (Å²) in [6.07, 6.45) is 9.11. The van der Waals surface area contributed by atoms with E-state index in [4.69, 9.17) is 12.2 Å². The number of nitrogens with one attached hydrogen (secondary N) is 1. The number of nitrogens with two attached hydrogens (primary N) is 1. The van der Waals surface area contributed by atoms with Gasteiger partial charge in [0.05, 0.1) is 0 Å². The predicted octanol–water partition coefficient (Wildman–Crippen LogP) is 1.67. The molecule has 0 radical (unpaired) electrons. The summed E-state index contributed by atoms with van der Waals surface area (Å²) in [6.45, 7) is 5.65. The Labute approximate surface area is 99.2 Å². The summed E-state index contributed by atoms with van der Waals surface area (Å²) in [7, 11) is 0. The molecule has 0 aromatic carbocycles. The van der Waals surface area contributed by atoms with Gasteiger partial charge in [-0.25, -0.2) is 0 Å². The van der Waals surface area contributed by atoms with Gasteiger partial charge in [0.2, 0.25) is 5.91 Å². The Kier molecular flexibility index (Phi) is 7.66. The molecular weight excluding hydrogens is 200 g/mol. The van der Waals surface area contributed by atoms with Gasteiger partial charge in [-0.15, -0.1) is 12.3 Å². The standard InChI is InChI=1S/C13H24N2O/c1-4-5-6-11-15-12(16)7-8-13(2,3)9-10-14/h1H,5-11,14H2,2-3H3,(H,15,16). The average Bonchev–Trinajstić information content (AvgIpc) is 2.22. The molecule has 3 heteroatoms. The van der Waals surface area contributed by atoms with E-state index in [9.17, 15) is 4.79 Å². The molecule has 0 aliphatic rings. The second kappa shape index (κ2) is 8.18. The van der Waals surface area contributed by atoms with E-state index in [1.165, 1.54) is 0 Å². The second-order valence-electron chi connectivity index (χ2n) is 4.86. The van der Waals surface area contributed by atoms with Gasteiger partial charge in [0.15, 0.2) is 0 Å². The van der Waals surface area contributed by atoms with Gasteiger partial charge in [-0.05, 0) is 31.2 Å². The Balaban J connectivity index is 3.61. The fraction of sp³-hybridized carbons (Fsp3) is 0.769. The number of hydrogen-bond acceptors (Lipinski definition) is 2. The molecule has 0 saturated carbocycles. The highest BCUT2D eigenvalue weighted by molar-refractivity contribution is 5.75. The van der Waals surface area contributed by atoms with E-state index in [1.807, 2.05) is 0 Å². The Morgan fingerprint density at radius 3 is 2.69 bits per heavy atom. The largest absolute Gasteiger partial charge is 0.356 e. The first-order chi connectivity index (χ1) is 7.52. The molecule has 0 aromatic heterocycles. The zero-order valence-electron chi connectivity index (χ0n) is 10.5. The molecule has 1 amide bonds. The third-order valence-electron chi connectivity index (χ3n) is 2.67. The van der Waals surface area contributed by atoms with Gasteiger partial charge in [-0.1, -0.05) is 13.8 Å². The number of carbonyl (C=O) groups is 1. The highest BCUT2D eigenvalue weighted by Gasteiger charge is 2.17. The molecule has 0 fully saturated rings. The molecular formula is C13H24N2O. The third kappa shape index (κ3) is 8.31. The predicted molar refractivity (Wildman–Crippen MR) is 67.8 cm³/mol. The van der Waals surface area contributed by atoms with Crippen molar-refractivity contribution in [2.45, 2.75) is 46.0 Å². The third-order valence-corrected chi connectivity index (χ3v) is 2.67. The molecule has 3 nitrogen and oxygen atoms in total. The molecule has 0 bridgehead atoms. The van der Waals surface area contributed by atoms with E-state index < -0.39 is 0 Å². The van der Waals surface area contributed by atoms with Crippen molar-refractivity contribution in [3.05, 3.63) is 0 Å². The van der Waals surface area contributed by atoms with Crippen LogP contribution in [0.2, 0.25) is 0 Å². The van der Waals surface area contributed by atoms with Gasteiger partial charge in [-0.3, -0.25) is 4.79 Å². The number of unbranched alkanes of at least 4 members (excludes halogenated alkanes) is 1. The van der Waals surface area contributed by atoms with Crippen LogP contribution in [0.3, 0.4) is 0 Å². The minimum atomic E-state index is 0.113. The number of rotatable bonds is 8. The van der Waals surface area contributed by atoms with Gasteiger partial charge in [0, 0.05) is 19.4 Å². The number of amides is 1. The minimum Gasteiger partial charge on any atom is -0.356 e. The Hall–Kier alpha value is -1.01. The van der Waals surface area contributed by atoms with Gasteiger partial charge in [0.1, 0.15) is 0 Å². The summed E-state index contributed by atoms with van der Waals surface area (Å²) in [5, 5.41) is 2.87. The fourth-order valence-corrected chi connectivity index (χ4v) is 1.47. The van der Waals surface area contributed by atoms with E-state index >= 15 is 0 Å². The molecule has 3 N–H and O–H groups in total. The first-order valence-electron chi connectivity index (χ1n) is 5.92. The van der Waals surface area contributed by atoms with Crippen molar-refractivity contribution in [2.24, 2.45) is 11.1 Å². The Morgan fingerprint density at radius 1 is 1.44 bits per heavy atom. The molecule has 16 heavy (non-hydrogen) atoms. The van der Waals surface area contributed by atoms with Crippen LogP contribution in [0.15, 0.2) is 0 Å². The summed E-state index contributed by atoms with van der Waals surface area (Å²) in [5.74, 6) is 2.66. The molecule has 0 rings (SSSR count). The lowest BCUT2D eigenvalue weighted by Gasteiger charge is -2.23. The van der Waals surface area contributed by atoms with Crippen LogP contribution in [0.25, 0.3) is 0 Å². The Bertz CT molecular complexity index is 241. The molecule has 0 unspecified atom stereocenters. The van der Waals surface area contributed by atoms with E-state index in [2.05, 4.69) is 25.1 Å². The van der Waals surface area contributed by atoms with Gasteiger partial charge < -0.3 is 11.1 Å². The number of terminal acetylenes is 1. The summed E-state index contributed by atoms with van der Waals surface area (Å²) >= 11 is 0. The maximum Gasteiger partial charge on any atom is 0.220 e. The van der Waals surface area contributed by atoms with Crippen LogP contribution >= 0.6 is 0 Å². The van der Waals surface area contributed by atoms with Crippen LogP contribution in [0.4, 0.5) is 0 Å². The zero-order chi connectivity index (χ0) is 12.4. The molecule has 0 aromatic rings. The Morgan fingerprint density at radius 2 is 2.12 bits per heavy atom. The molecule has 0 atom stereocenters. The lowest BCUT2D eigenvalue weighted by molar-refractivity contribution is -0.121. The van der Waals surface area contributed by atoms with Crippen LogP contribution in [-0.2, 0) is 4.79 Å². The van der Waals surface area contributed by atoms with E-state index in [1.54, 1.807) is 0 Å². The SMILES string of the molecule is C#CCCCNC(=O)CCC(C)(C)CCN. The highest BCUT2D eigenvalue weighted by atomic mass is 16.1. The fourth-order valence-electron chi connectivity index (χ4n) is 1.47. The van der Waals surface area contributed by atoms with Crippen molar-refractivity contribution in [3.63, 3.8) is 0 Å². The first kappa shape index (κ1) is 15.0. The average molecular weight is 224 g/mol. The molecule has 0 aliphatic heterocycles. The van der Waals surface area contributed by atoms with Gasteiger partial charge in [0.25, 0.3) is 0 Å². The quantitative estimate of drug-likeness (QED) is 0.487. The highest BCUT2D eigenvalue weighted by Crippen LogP contribution is 2.25.